The van der Waals surface area contributed by atoms with Crippen molar-refractivity contribution in [2.45, 2.75) is 63.0 Å². The molecule has 2 aromatic heterocycles. The number of likely N-dealkylation sites (tertiary alicyclic amines) is 1. The Balaban J connectivity index is 1.24. The average Bonchev–Trinajstić information content (AvgIpc) is 3.06. The highest BCUT2D eigenvalue weighted by Crippen LogP contribution is 2.69. The molecule has 0 radical (unpaired) electrons. The lowest BCUT2D eigenvalue weighted by atomic mass is 9.77. The van der Waals surface area contributed by atoms with Gasteiger partial charge in [0.2, 0.25) is 0 Å². The quantitative estimate of drug-likeness (QED) is 0.723. The molecule has 6 rings (SSSR count). The molecule has 7 nitrogen and oxygen atoms in total. The maximum absolute atomic E-state index is 12.7. The summed E-state index contributed by atoms with van der Waals surface area (Å²) in [5.41, 5.74) is 8.17. The molecule has 2 aliphatic heterocycles. The van der Waals surface area contributed by atoms with Crippen LogP contribution in [0.5, 0.6) is 5.75 Å². The monoisotopic (exact) mass is 463 g/mol. The van der Waals surface area contributed by atoms with Crippen LogP contribution in [0.4, 0.5) is 19.0 Å². The van der Waals surface area contributed by atoms with Crippen LogP contribution >= 0.6 is 0 Å². The van der Waals surface area contributed by atoms with Gasteiger partial charge in [-0.05, 0) is 57.1 Å². The Labute approximate surface area is 190 Å². The highest BCUT2D eigenvalue weighted by atomic mass is 19.4. The fourth-order valence-electron chi connectivity index (χ4n) is 6.38. The summed E-state index contributed by atoms with van der Waals surface area (Å²) in [6.45, 7) is 7.05. The third-order valence-electron chi connectivity index (χ3n) is 8.05. The summed E-state index contributed by atoms with van der Waals surface area (Å²) in [5.74, 6) is 0.931. The Morgan fingerprint density at radius 1 is 1.21 bits per heavy atom. The maximum Gasteiger partial charge on any atom is 0.573 e. The van der Waals surface area contributed by atoms with Gasteiger partial charge in [0.15, 0.2) is 11.6 Å². The lowest BCUT2D eigenvalue weighted by Gasteiger charge is -2.57. The summed E-state index contributed by atoms with van der Waals surface area (Å²) in [6, 6.07) is 4.01. The molecule has 2 saturated heterocycles. The van der Waals surface area contributed by atoms with Gasteiger partial charge in [-0.3, -0.25) is 9.58 Å². The Kier molecular flexibility index (Phi) is 4.56. The molecule has 0 amide bonds. The molecular weight excluding hydrogens is 435 g/mol. The first kappa shape index (κ1) is 21.2. The number of rotatable bonds is 5. The van der Waals surface area contributed by atoms with E-state index >= 15 is 0 Å². The van der Waals surface area contributed by atoms with Crippen molar-refractivity contribution in [2.75, 3.05) is 25.5 Å². The van der Waals surface area contributed by atoms with E-state index in [2.05, 4.69) is 28.5 Å². The number of ether oxygens (including phenoxy) is 2. The van der Waals surface area contributed by atoms with E-state index in [1.165, 1.54) is 38.1 Å². The average molecular weight is 464 g/mol. The Bertz CT molecular complexity index is 1070. The van der Waals surface area contributed by atoms with Crippen molar-refractivity contribution >= 4 is 5.82 Å². The number of hydrogen-bond donors (Lipinski definition) is 1. The summed E-state index contributed by atoms with van der Waals surface area (Å²) in [4.78, 5) is 6.58. The Morgan fingerprint density at radius 2 is 1.94 bits per heavy atom. The van der Waals surface area contributed by atoms with E-state index in [0.717, 1.165) is 18.9 Å². The number of aromatic nitrogens is 3. The fourth-order valence-corrected chi connectivity index (χ4v) is 6.38. The van der Waals surface area contributed by atoms with E-state index in [-0.39, 0.29) is 11.9 Å². The van der Waals surface area contributed by atoms with E-state index in [9.17, 15) is 13.2 Å². The van der Waals surface area contributed by atoms with Crippen LogP contribution in [0.1, 0.15) is 50.8 Å². The minimum Gasteiger partial charge on any atom is -0.402 e. The Hall–Kier alpha value is -2.33. The van der Waals surface area contributed by atoms with Crippen molar-refractivity contribution in [1.29, 1.82) is 0 Å². The SMILES string of the molecule is CC(C)n1nc(-c2cnc(N)c(OC(F)(F)F)c2)cc1[C@H]1[C@@H]2C[C@@]3(CCN3C3COC3)C[C@@H]21. The molecule has 2 aromatic rings. The highest BCUT2D eigenvalue weighted by Gasteiger charge is 2.67. The van der Waals surface area contributed by atoms with Crippen LogP contribution in [-0.2, 0) is 4.74 Å². The van der Waals surface area contributed by atoms with E-state index in [4.69, 9.17) is 15.6 Å². The molecule has 4 fully saturated rings. The summed E-state index contributed by atoms with van der Waals surface area (Å²) in [7, 11) is 0. The van der Waals surface area contributed by atoms with Gasteiger partial charge in [-0.1, -0.05) is 0 Å². The third-order valence-corrected chi connectivity index (χ3v) is 8.05. The van der Waals surface area contributed by atoms with Crippen LogP contribution in [-0.4, -0.2) is 57.4 Å². The topological polar surface area (TPSA) is 78.4 Å². The second-order valence-electron chi connectivity index (χ2n) is 10.3. The second kappa shape index (κ2) is 7.09. The zero-order chi connectivity index (χ0) is 23.1. The summed E-state index contributed by atoms with van der Waals surface area (Å²) >= 11 is 0. The zero-order valence-corrected chi connectivity index (χ0v) is 18.7. The number of halogens is 3. The molecule has 33 heavy (non-hydrogen) atoms. The smallest absolute Gasteiger partial charge is 0.402 e. The molecule has 4 aliphatic rings. The van der Waals surface area contributed by atoms with Crippen molar-refractivity contribution in [3.8, 4) is 17.0 Å². The molecule has 178 valence electrons. The molecule has 4 heterocycles. The van der Waals surface area contributed by atoms with Gasteiger partial charge < -0.3 is 15.2 Å². The van der Waals surface area contributed by atoms with Crippen molar-refractivity contribution in [1.82, 2.24) is 19.7 Å². The van der Waals surface area contributed by atoms with Gasteiger partial charge in [0, 0.05) is 41.5 Å². The number of pyridine rings is 1. The minimum atomic E-state index is -4.83. The first-order valence-corrected chi connectivity index (χ1v) is 11.6. The number of nitrogen functional groups attached to an aromatic ring is 1. The van der Waals surface area contributed by atoms with Crippen LogP contribution < -0.4 is 10.5 Å². The van der Waals surface area contributed by atoms with Crippen molar-refractivity contribution < 1.29 is 22.6 Å². The lowest BCUT2D eigenvalue weighted by molar-refractivity contribution is -0.274. The van der Waals surface area contributed by atoms with Gasteiger partial charge in [-0.25, -0.2) is 4.98 Å². The zero-order valence-electron chi connectivity index (χ0n) is 18.7. The van der Waals surface area contributed by atoms with E-state index in [0.29, 0.717) is 40.6 Å². The number of nitrogens with two attached hydrogens (primary N) is 1. The minimum absolute atomic E-state index is 0.143. The van der Waals surface area contributed by atoms with Crippen LogP contribution in [0.15, 0.2) is 18.3 Å². The van der Waals surface area contributed by atoms with Gasteiger partial charge in [0.1, 0.15) is 0 Å². The summed E-state index contributed by atoms with van der Waals surface area (Å²) in [6.07, 6.45) is 0.316. The lowest BCUT2D eigenvalue weighted by Crippen LogP contribution is -2.67. The van der Waals surface area contributed by atoms with Crippen molar-refractivity contribution in [3.05, 3.63) is 24.0 Å². The van der Waals surface area contributed by atoms with Crippen molar-refractivity contribution in [3.63, 3.8) is 0 Å². The molecule has 2 aliphatic carbocycles. The number of anilines is 1. The van der Waals surface area contributed by atoms with Crippen LogP contribution in [0, 0.1) is 11.8 Å². The van der Waals surface area contributed by atoms with Crippen LogP contribution in [0.2, 0.25) is 0 Å². The Morgan fingerprint density at radius 3 is 2.48 bits per heavy atom. The standard InChI is InChI=1S/C23H28F3N5O2/c1-12(2)31-18(6-17(29-31)13-5-19(21(27)28-9-13)33-23(24,25)26)20-15-7-22(8-16(15)20)3-4-30(22)14-10-32-11-14/h5-6,9,12,14-16,20H,3-4,7-8,10-11H2,1-2H3,(H2,27,28)/t15-,16+,20+,22+. The molecule has 1 spiro atoms. The van der Waals surface area contributed by atoms with Gasteiger partial charge in [0.05, 0.1) is 24.9 Å². The fraction of sp³-hybridized carbons (Fsp3) is 0.652. The first-order valence-electron chi connectivity index (χ1n) is 11.6. The molecule has 0 bridgehead atoms. The second-order valence-corrected chi connectivity index (χ2v) is 10.3. The van der Waals surface area contributed by atoms with Crippen molar-refractivity contribution in [2.24, 2.45) is 11.8 Å². The van der Waals surface area contributed by atoms with Crippen LogP contribution in [0.25, 0.3) is 11.3 Å². The highest BCUT2D eigenvalue weighted by molar-refractivity contribution is 5.64. The van der Waals surface area contributed by atoms with Gasteiger partial charge in [-0.15, -0.1) is 13.2 Å². The maximum atomic E-state index is 12.7. The van der Waals surface area contributed by atoms with Crippen LogP contribution in [0.3, 0.4) is 0 Å². The first-order chi connectivity index (χ1) is 15.7. The number of fused-ring (bicyclic) bond motifs is 1. The normalized spacial score (nSPS) is 31.5. The number of alkyl halides is 3. The van der Waals surface area contributed by atoms with Gasteiger partial charge in [-0.2, -0.15) is 5.10 Å². The molecule has 4 atom stereocenters. The molecule has 0 unspecified atom stereocenters. The predicted octanol–water partition coefficient (Wildman–Crippen LogP) is 3.97. The number of hydrogen-bond acceptors (Lipinski definition) is 6. The molecule has 10 heteroatoms. The molecule has 2 saturated carbocycles. The summed E-state index contributed by atoms with van der Waals surface area (Å²) in [5, 5.41) is 4.74. The van der Waals surface area contributed by atoms with E-state index in [1.807, 2.05) is 10.7 Å². The molecule has 0 aromatic carbocycles. The van der Waals surface area contributed by atoms with E-state index in [1.54, 1.807) is 0 Å². The van der Waals surface area contributed by atoms with E-state index < -0.39 is 12.1 Å². The molecule has 2 N–H and O–H groups in total. The summed E-state index contributed by atoms with van der Waals surface area (Å²) < 4.78 is 49.7. The largest absolute Gasteiger partial charge is 0.573 e. The number of nitrogens with zero attached hydrogens (tertiary/aromatic N) is 4. The molecular formula is C23H28F3N5O2. The van der Waals surface area contributed by atoms with Gasteiger partial charge in [0.25, 0.3) is 0 Å². The van der Waals surface area contributed by atoms with Gasteiger partial charge >= 0.3 is 6.36 Å². The predicted molar refractivity (Wildman–Crippen MR) is 115 cm³/mol. The third kappa shape index (κ3) is 3.41.